The zero-order valence-corrected chi connectivity index (χ0v) is 23.3. The molecule has 1 unspecified atom stereocenters. The fourth-order valence-corrected chi connectivity index (χ4v) is 4.57. The number of aliphatic hydroxyl groups is 1. The van der Waals surface area contributed by atoms with Crippen LogP contribution in [0.3, 0.4) is 0 Å². The van der Waals surface area contributed by atoms with E-state index in [2.05, 4.69) is 41.3 Å². The Bertz CT molecular complexity index is 1480. The molecule has 0 bridgehead atoms. The molecule has 5 rings (SSSR count). The first-order valence-electron chi connectivity index (χ1n) is 13.5. The largest absolute Gasteiger partial charge is 0.492 e. The number of β-amino-alcohol motifs (C(OH)–C–C–N with tert-alkyl or cyclic N) is 1. The first kappa shape index (κ1) is 27.6. The van der Waals surface area contributed by atoms with Crippen LogP contribution in [0.25, 0.3) is 16.5 Å². The lowest BCUT2D eigenvalue weighted by atomic mass is 9.92. The minimum Gasteiger partial charge on any atom is -0.492 e. The van der Waals surface area contributed by atoms with Gasteiger partial charge in [-0.25, -0.2) is 9.48 Å². The average molecular weight is 545 g/mol. The maximum Gasteiger partial charge on any atom is 0.324 e. The number of hydrogen-bond acceptors (Lipinski definition) is 7. The number of carbonyl (C=O) groups is 1. The minimum absolute atomic E-state index is 0.204. The van der Waals surface area contributed by atoms with Gasteiger partial charge in [-0.15, -0.1) is 0 Å². The number of morpholine rings is 1. The highest BCUT2D eigenvalue weighted by molar-refractivity contribution is 6.07. The van der Waals surface area contributed by atoms with Crippen molar-refractivity contribution < 1.29 is 19.4 Å². The molecule has 0 radical (unpaired) electrons. The van der Waals surface area contributed by atoms with Crippen molar-refractivity contribution in [3.8, 4) is 11.4 Å². The van der Waals surface area contributed by atoms with Crippen LogP contribution in [0.5, 0.6) is 5.75 Å². The molecule has 2 amide bonds. The van der Waals surface area contributed by atoms with Gasteiger partial charge in [0.05, 0.1) is 29.9 Å². The van der Waals surface area contributed by atoms with Gasteiger partial charge in [-0.2, -0.15) is 5.10 Å². The third kappa shape index (κ3) is 6.41. The molecule has 210 valence electrons. The normalized spacial score (nSPS) is 16.2. The molecular weight excluding hydrogens is 508 g/mol. The van der Waals surface area contributed by atoms with E-state index in [-0.39, 0.29) is 11.4 Å². The van der Waals surface area contributed by atoms with Crippen LogP contribution in [-0.2, 0) is 10.2 Å². The molecular formula is C30H36N6O4. The monoisotopic (exact) mass is 544 g/mol. The standard InChI is InChI=1S/C30H36N6O4/c1-20-9-10-21(18-31-20)36-27(17-26(34-36)30(2,3)4)33-29(38)32-24-11-12-25(23-8-6-5-7-22(23)24)39-15-13-35-14-16-40-28(37)19-35/h5-12,17-18,28,37H,13-16,19H2,1-4H3,(H2,32,33,38). The number of ether oxygens (including phenoxy) is 2. The van der Waals surface area contributed by atoms with Gasteiger partial charge in [-0.1, -0.05) is 45.0 Å². The van der Waals surface area contributed by atoms with Gasteiger partial charge in [0.15, 0.2) is 6.29 Å². The third-order valence-electron chi connectivity index (χ3n) is 6.79. The molecule has 10 nitrogen and oxygen atoms in total. The number of nitrogens with one attached hydrogen (secondary N) is 2. The molecule has 1 saturated heterocycles. The summed E-state index contributed by atoms with van der Waals surface area (Å²) in [4.78, 5) is 19.7. The van der Waals surface area contributed by atoms with E-state index in [1.165, 1.54) is 0 Å². The number of anilines is 2. The van der Waals surface area contributed by atoms with Gasteiger partial charge < -0.3 is 19.9 Å². The lowest BCUT2D eigenvalue weighted by Gasteiger charge is -2.29. The van der Waals surface area contributed by atoms with E-state index in [1.54, 1.807) is 10.9 Å². The maximum atomic E-state index is 13.2. The molecule has 1 fully saturated rings. The average Bonchev–Trinajstić information content (AvgIpc) is 3.34. The summed E-state index contributed by atoms with van der Waals surface area (Å²) in [7, 11) is 0. The highest BCUT2D eigenvalue weighted by atomic mass is 16.6. The smallest absolute Gasteiger partial charge is 0.324 e. The van der Waals surface area contributed by atoms with E-state index in [0.717, 1.165) is 40.1 Å². The molecule has 4 aromatic rings. The topological polar surface area (TPSA) is 114 Å². The minimum atomic E-state index is -0.752. The van der Waals surface area contributed by atoms with Crippen molar-refractivity contribution in [2.45, 2.75) is 39.4 Å². The second-order valence-electron chi connectivity index (χ2n) is 10.9. The second kappa shape index (κ2) is 11.6. The molecule has 10 heteroatoms. The molecule has 40 heavy (non-hydrogen) atoms. The highest BCUT2D eigenvalue weighted by Crippen LogP contribution is 2.32. The summed E-state index contributed by atoms with van der Waals surface area (Å²) >= 11 is 0. The number of hydrogen-bond donors (Lipinski definition) is 3. The molecule has 3 N–H and O–H groups in total. The van der Waals surface area contributed by atoms with Gasteiger partial charge in [0, 0.05) is 47.6 Å². The number of pyridine rings is 1. The van der Waals surface area contributed by atoms with Crippen LogP contribution in [0.2, 0.25) is 0 Å². The number of urea groups is 1. The van der Waals surface area contributed by atoms with Crippen LogP contribution in [0, 0.1) is 6.92 Å². The lowest BCUT2D eigenvalue weighted by molar-refractivity contribution is -0.146. The van der Waals surface area contributed by atoms with Crippen molar-refractivity contribution in [1.29, 1.82) is 0 Å². The van der Waals surface area contributed by atoms with E-state index in [9.17, 15) is 9.90 Å². The molecule has 0 aliphatic carbocycles. The number of rotatable bonds is 7. The Kier molecular flexibility index (Phi) is 8.02. The third-order valence-corrected chi connectivity index (χ3v) is 6.79. The number of aromatic nitrogens is 3. The summed E-state index contributed by atoms with van der Waals surface area (Å²) in [6, 6.07) is 16.9. The van der Waals surface area contributed by atoms with Gasteiger partial charge in [0.1, 0.15) is 18.2 Å². The van der Waals surface area contributed by atoms with Gasteiger partial charge >= 0.3 is 6.03 Å². The molecule has 1 aliphatic heterocycles. The number of amides is 2. The zero-order valence-electron chi connectivity index (χ0n) is 23.3. The van der Waals surface area contributed by atoms with Gasteiger partial charge in [-0.3, -0.25) is 15.2 Å². The Balaban J connectivity index is 1.32. The number of aryl methyl sites for hydroxylation is 1. The van der Waals surface area contributed by atoms with Crippen LogP contribution in [0.1, 0.15) is 32.2 Å². The summed E-state index contributed by atoms with van der Waals surface area (Å²) in [6.45, 7) is 11.1. The zero-order chi connectivity index (χ0) is 28.3. The number of aliphatic hydroxyl groups excluding tert-OH is 1. The van der Waals surface area contributed by atoms with Crippen LogP contribution in [0.15, 0.2) is 60.8 Å². The molecule has 1 aliphatic rings. The Morgan fingerprint density at radius 3 is 2.65 bits per heavy atom. The quantitative estimate of drug-likeness (QED) is 0.309. The molecule has 2 aromatic heterocycles. The summed E-state index contributed by atoms with van der Waals surface area (Å²) < 4.78 is 13.0. The van der Waals surface area contributed by atoms with Crippen molar-refractivity contribution in [2.24, 2.45) is 0 Å². The van der Waals surface area contributed by atoms with E-state index >= 15 is 0 Å². The fourth-order valence-electron chi connectivity index (χ4n) is 4.57. The van der Waals surface area contributed by atoms with Crippen LogP contribution < -0.4 is 15.4 Å². The van der Waals surface area contributed by atoms with Gasteiger partial charge in [0.2, 0.25) is 0 Å². The van der Waals surface area contributed by atoms with Crippen molar-refractivity contribution in [3.63, 3.8) is 0 Å². The fraction of sp³-hybridized carbons (Fsp3) is 0.367. The molecule has 2 aromatic carbocycles. The van der Waals surface area contributed by atoms with E-state index in [0.29, 0.717) is 37.8 Å². The van der Waals surface area contributed by atoms with E-state index in [4.69, 9.17) is 14.6 Å². The lowest BCUT2D eigenvalue weighted by Crippen LogP contribution is -2.43. The number of carbonyl (C=O) groups excluding carboxylic acids is 1. The van der Waals surface area contributed by atoms with E-state index in [1.807, 2.05) is 61.5 Å². The predicted molar refractivity (Wildman–Crippen MR) is 155 cm³/mol. The Morgan fingerprint density at radius 2 is 1.93 bits per heavy atom. The number of benzene rings is 2. The highest BCUT2D eigenvalue weighted by Gasteiger charge is 2.22. The summed E-state index contributed by atoms with van der Waals surface area (Å²) in [6.07, 6.45) is 0.990. The van der Waals surface area contributed by atoms with Crippen molar-refractivity contribution >= 4 is 28.3 Å². The van der Waals surface area contributed by atoms with Gasteiger partial charge in [0.25, 0.3) is 0 Å². The summed E-state index contributed by atoms with van der Waals surface area (Å²) in [5, 5.41) is 22.2. The van der Waals surface area contributed by atoms with Crippen LogP contribution in [0.4, 0.5) is 16.3 Å². The van der Waals surface area contributed by atoms with Crippen LogP contribution in [-0.4, -0.2) is 69.9 Å². The molecule has 1 atom stereocenters. The Morgan fingerprint density at radius 1 is 1.12 bits per heavy atom. The van der Waals surface area contributed by atoms with Gasteiger partial charge in [-0.05, 0) is 31.2 Å². The molecule has 0 spiro atoms. The Labute approximate surface area is 233 Å². The maximum absolute atomic E-state index is 13.2. The van der Waals surface area contributed by atoms with Crippen molar-refractivity contribution in [1.82, 2.24) is 19.7 Å². The van der Waals surface area contributed by atoms with Crippen molar-refractivity contribution in [2.75, 3.05) is 43.5 Å². The second-order valence-corrected chi connectivity index (χ2v) is 10.9. The Hall–Kier alpha value is -3.99. The first-order valence-corrected chi connectivity index (χ1v) is 13.5. The van der Waals surface area contributed by atoms with Crippen molar-refractivity contribution in [3.05, 3.63) is 72.2 Å². The predicted octanol–water partition coefficient (Wildman–Crippen LogP) is 4.70. The SMILES string of the molecule is Cc1ccc(-n2nc(C(C)(C)C)cc2NC(=O)Nc2ccc(OCCN3CCOC(O)C3)c3ccccc23)cn1. The summed E-state index contributed by atoms with van der Waals surface area (Å²) in [5.74, 6) is 1.28. The summed E-state index contributed by atoms with van der Waals surface area (Å²) in [5.41, 5.74) is 2.97. The number of fused-ring (bicyclic) bond motifs is 1. The number of nitrogens with zero attached hydrogens (tertiary/aromatic N) is 4. The van der Waals surface area contributed by atoms with E-state index < -0.39 is 6.29 Å². The first-order chi connectivity index (χ1) is 19.2. The molecule has 3 heterocycles. The molecule has 0 saturated carbocycles. The van der Waals surface area contributed by atoms with Crippen LogP contribution >= 0.6 is 0 Å².